The van der Waals surface area contributed by atoms with Crippen molar-refractivity contribution < 1.29 is 9.59 Å². The Morgan fingerprint density at radius 1 is 0.850 bits per heavy atom. The summed E-state index contributed by atoms with van der Waals surface area (Å²) in [6, 6.07) is 18.5. The zero-order valence-corrected chi connectivity index (χ0v) is 11.3. The van der Waals surface area contributed by atoms with E-state index in [9.17, 15) is 9.59 Å². The SMILES string of the molecule is O=C1S/C(=C/c2ccccc2)C(=O)N1c1ccccc1. The van der Waals surface area contributed by atoms with Crippen LogP contribution in [-0.2, 0) is 4.79 Å². The number of nitrogens with zero attached hydrogens (tertiary/aromatic N) is 1. The van der Waals surface area contributed by atoms with Crippen molar-refractivity contribution in [1.29, 1.82) is 0 Å². The zero-order valence-electron chi connectivity index (χ0n) is 10.5. The number of hydrogen-bond acceptors (Lipinski definition) is 3. The summed E-state index contributed by atoms with van der Waals surface area (Å²) in [5, 5.41) is -0.261. The number of benzene rings is 2. The molecule has 1 aliphatic heterocycles. The lowest BCUT2D eigenvalue weighted by atomic mass is 10.2. The first-order chi connectivity index (χ1) is 9.75. The van der Waals surface area contributed by atoms with E-state index in [0.29, 0.717) is 10.6 Å². The first kappa shape index (κ1) is 12.7. The molecule has 2 aromatic carbocycles. The summed E-state index contributed by atoms with van der Waals surface area (Å²) in [5.41, 5.74) is 1.51. The van der Waals surface area contributed by atoms with E-state index in [0.717, 1.165) is 17.3 Å². The van der Waals surface area contributed by atoms with Gasteiger partial charge in [-0.25, -0.2) is 4.90 Å². The molecule has 1 saturated heterocycles. The first-order valence-corrected chi connectivity index (χ1v) is 6.95. The molecule has 0 bridgehead atoms. The van der Waals surface area contributed by atoms with Crippen LogP contribution in [0.4, 0.5) is 10.5 Å². The second-order valence-corrected chi connectivity index (χ2v) is 5.26. The quantitative estimate of drug-likeness (QED) is 0.783. The molecule has 0 unspecified atom stereocenters. The van der Waals surface area contributed by atoms with E-state index in [-0.39, 0.29) is 11.1 Å². The van der Waals surface area contributed by atoms with E-state index in [1.807, 2.05) is 36.4 Å². The number of amides is 2. The fourth-order valence-electron chi connectivity index (χ4n) is 1.97. The second-order valence-electron chi connectivity index (χ2n) is 4.26. The van der Waals surface area contributed by atoms with Crippen LogP contribution in [0.15, 0.2) is 65.6 Å². The van der Waals surface area contributed by atoms with Crippen LogP contribution in [0.2, 0.25) is 0 Å². The van der Waals surface area contributed by atoms with Crippen molar-refractivity contribution in [2.45, 2.75) is 0 Å². The Morgan fingerprint density at radius 3 is 2.10 bits per heavy atom. The minimum absolute atomic E-state index is 0.261. The highest BCUT2D eigenvalue weighted by Crippen LogP contribution is 2.35. The van der Waals surface area contributed by atoms with E-state index in [2.05, 4.69) is 0 Å². The number of rotatable bonds is 2. The van der Waals surface area contributed by atoms with Crippen molar-refractivity contribution in [3.8, 4) is 0 Å². The predicted octanol–water partition coefficient (Wildman–Crippen LogP) is 3.93. The Labute approximate surface area is 120 Å². The summed E-state index contributed by atoms with van der Waals surface area (Å²) >= 11 is 0.970. The molecule has 0 N–H and O–H groups in total. The fraction of sp³-hybridized carbons (Fsp3) is 0. The molecule has 3 rings (SSSR count). The Morgan fingerprint density at radius 2 is 1.45 bits per heavy atom. The van der Waals surface area contributed by atoms with Crippen molar-refractivity contribution in [2.24, 2.45) is 0 Å². The average molecular weight is 281 g/mol. The topological polar surface area (TPSA) is 37.4 Å². The molecule has 4 heteroatoms. The number of imide groups is 1. The van der Waals surface area contributed by atoms with Crippen LogP contribution in [0.3, 0.4) is 0 Å². The third kappa shape index (κ3) is 2.38. The number of thioether (sulfide) groups is 1. The maximum atomic E-state index is 12.3. The van der Waals surface area contributed by atoms with Crippen LogP contribution in [0.1, 0.15) is 5.56 Å². The molecular formula is C16H11NO2S. The molecule has 2 amide bonds. The van der Waals surface area contributed by atoms with Gasteiger partial charge in [-0.05, 0) is 35.5 Å². The normalized spacial score (nSPS) is 17.0. The molecule has 2 aromatic rings. The number of para-hydroxylation sites is 1. The maximum Gasteiger partial charge on any atom is 0.298 e. The summed E-state index contributed by atoms with van der Waals surface area (Å²) in [7, 11) is 0. The van der Waals surface area contributed by atoms with E-state index >= 15 is 0 Å². The van der Waals surface area contributed by atoms with Gasteiger partial charge in [-0.15, -0.1) is 0 Å². The summed E-state index contributed by atoms with van der Waals surface area (Å²) in [4.78, 5) is 26.0. The van der Waals surface area contributed by atoms with Gasteiger partial charge >= 0.3 is 0 Å². The predicted molar refractivity (Wildman–Crippen MR) is 81.3 cm³/mol. The number of hydrogen-bond donors (Lipinski definition) is 0. The molecular weight excluding hydrogens is 270 g/mol. The Hall–Kier alpha value is -2.33. The molecule has 0 aromatic heterocycles. The van der Waals surface area contributed by atoms with Gasteiger partial charge < -0.3 is 0 Å². The second kappa shape index (κ2) is 5.35. The van der Waals surface area contributed by atoms with Gasteiger partial charge in [0.25, 0.3) is 11.1 Å². The minimum Gasteiger partial charge on any atom is -0.268 e. The van der Waals surface area contributed by atoms with Crippen molar-refractivity contribution >= 4 is 34.7 Å². The largest absolute Gasteiger partial charge is 0.298 e. The van der Waals surface area contributed by atoms with Gasteiger partial charge in [0.15, 0.2) is 0 Å². The first-order valence-electron chi connectivity index (χ1n) is 6.14. The van der Waals surface area contributed by atoms with Gasteiger partial charge in [-0.3, -0.25) is 9.59 Å². The lowest BCUT2D eigenvalue weighted by Crippen LogP contribution is -2.27. The summed E-state index contributed by atoms with van der Waals surface area (Å²) < 4.78 is 0. The standard InChI is InChI=1S/C16H11NO2S/c18-15-14(11-12-7-3-1-4-8-12)20-16(19)17(15)13-9-5-2-6-10-13/h1-11H/b14-11+. The van der Waals surface area contributed by atoms with Gasteiger partial charge in [-0.2, -0.15) is 0 Å². The fourth-order valence-corrected chi connectivity index (χ4v) is 2.81. The molecule has 0 aliphatic carbocycles. The highest BCUT2D eigenvalue weighted by molar-refractivity contribution is 8.19. The van der Waals surface area contributed by atoms with Crippen LogP contribution in [-0.4, -0.2) is 11.1 Å². The van der Waals surface area contributed by atoms with E-state index in [1.165, 1.54) is 4.90 Å². The Balaban J connectivity index is 1.93. The molecule has 0 saturated carbocycles. The Kier molecular flexibility index (Phi) is 3.39. The molecule has 0 radical (unpaired) electrons. The summed E-state index contributed by atoms with van der Waals surface area (Å²) in [5.74, 6) is -0.268. The van der Waals surface area contributed by atoms with Gasteiger partial charge in [0.1, 0.15) is 0 Å². The third-order valence-corrected chi connectivity index (χ3v) is 3.78. The molecule has 1 heterocycles. The van der Waals surface area contributed by atoms with Crippen LogP contribution >= 0.6 is 11.8 Å². The van der Waals surface area contributed by atoms with Crippen molar-refractivity contribution in [3.63, 3.8) is 0 Å². The minimum atomic E-state index is -0.268. The van der Waals surface area contributed by atoms with Crippen LogP contribution in [0, 0.1) is 0 Å². The molecule has 0 atom stereocenters. The number of anilines is 1. The van der Waals surface area contributed by atoms with E-state index < -0.39 is 0 Å². The third-order valence-electron chi connectivity index (χ3n) is 2.91. The summed E-state index contributed by atoms with van der Waals surface area (Å²) in [6.07, 6.45) is 1.74. The molecule has 98 valence electrons. The summed E-state index contributed by atoms with van der Waals surface area (Å²) in [6.45, 7) is 0. The zero-order chi connectivity index (χ0) is 13.9. The molecule has 3 nitrogen and oxygen atoms in total. The molecule has 1 aliphatic rings. The number of carbonyl (C=O) groups excluding carboxylic acids is 2. The van der Waals surface area contributed by atoms with Gasteiger partial charge in [0.05, 0.1) is 10.6 Å². The van der Waals surface area contributed by atoms with E-state index in [1.54, 1.807) is 30.3 Å². The lowest BCUT2D eigenvalue weighted by molar-refractivity contribution is -0.113. The monoisotopic (exact) mass is 281 g/mol. The highest BCUT2D eigenvalue weighted by atomic mass is 32.2. The van der Waals surface area contributed by atoms with E-state index in [4.69, 9.17) is 0 Å². The molecule has 1 fully saturated rings. The highest BCUT2D eigenvalue weighted by Gasteiger charge is 2.36. The van der Waals surface area contributed by atoms with Crippen molar-refractivity contribution in [2.75, 3.05) is 4.90 Å². The molecule has 0 spiro atoms. The maximum absolute atomic E-state index is 12.3. The Bertz CT molecular complexity index is 680. The van der Waals surface area contributed by atoms with Crippen molar-refractivity contribution in [3.05, 3.63) is 71.1 Å². The van der Waals surface area contributed by atoms with Crippen LogP contribution < -0.4 is 4.90 Å². The van der Waals surface area contributed by atoms with Crippen molar-refractivity contribution in [1.82, 2.24) is 0 Å². The lowest BCUT2D eigenvalue weighted by Gasteiger charge is -2.11. The van der Waals surface area contributed by atoms with Gasteiger partial charge in [0.2, 0.25) is 0 Å². The average Bonchev–Trinajstić information content (AvgIpc) is 2.75. The smallest absolute Gasteiger partial charge is 0.268 e. The number of carbonyl (C=O) groups is 2. The van der Waals surface area contributed by atoms with Gasteiger partial charge in [0, 0.05) is 0 Å². The van der Waals surface area contributed by atoms with Crippen LogP contribution in [0.5, 0.6) is 0 Å². The van der Waals surface area contributed by atoms with Gasteiger partial charge in [-0.1, -0.05) is 48.5 Å². The molecule has 20 heavy (non-hydrogen) atoms. The van der Waals surface area contributed by atoms with Crippen LogP contribution in [0.25, 0.3) is 6.08 Å².